The van der Waals surface area contributed by atoms with Gasteiger partial charge in [0.2, 0.25) is 0 Å². The molecule has 1 aromatic heterocycles. The number of aliphatic hydroxyl groups is 2. The average Bonchev–Trinajstić information content (AvgIpc) is 2.59. The lowest BCUT2D eigenvalue weighted by molar-refractivity contribution is 0.0572. The second-order valence-electron chi connectivity index (χ2n) is 3.46. The van der Waals surface area contributed by atoms with Gasteiger partial charge in [-0.2, -0.15) is 0 Å². The summed E-state index contributed by atoms with van der Waals surface area (Å²) >= 11 is 1.54. The zero-order valence-electron chi connectivity index (χ0n) is 8.37. The van der Waals surface area contributed by atoms with Crippen LogP contribution in [-0.2, 0) is 0 Å². The van der Waals surface area contributed by atoms with Gasteiger partial charge in [-0.15, -0.1) is 11.8 Å². The van der Waals surface area contributed by atoms with Crippen molar-refractivity contribution in [2.24, 2.45) is 0 Å². The van der Waals surface area contributed by atoms with E-state index in [1.54, 1.807) is 11.8 Å². The number of thioether (sulfide) groups is 1. The predicted octanol–water partition coefficient (Wildman–Crippen LogP) is -0.260. The van der Waals surface area contributed by atoms with E-state index in [0.29, 0.717) is 13.1 Å². The SMILES string of the molecule is CSc1cc(N2CC(O)C(O)C2)ncn1. The van der Waals surface area contributed by atoms with Crippen molar-refractivity contribution >= 4 is 17.6 Å². The highest BCUT2D eigenvalue weighted by molar-refractivity contribution is 7.98. The molecule has 2 rings (SSSR count). The van der Waals surface area contributed by atoms with E-state index in [4.69, 9.17) is 0 Å². The van der Waals surface area contributed by atoms with Crippen LogP contribution < -0.4 is 4.90 Å². The molecule has 0 spiro atoms. The van der Waals surface area contributed by atoms with Crippen molar-refractivity contribution in [1.82, 2.24) is 9.97 Å². The topological polar surface area (TPSA) is 69.5 Å². The summed E-state index contributed by atoms with van der Waals surface area (Å²) in [7, 11) is 0. The number of anilines is 1. The summed E-state index contributed by atoms with van der Waals surface area (Å²) in [5, 5.41) is 19.7. The molecule has 2 unspecified atom stereocenters. The van der Waals surface area contributed by atoms with Crippen LogP contribution in [0.1, 0.15) is 0 Å². The predicted molar refractivity (Wildman–Crippen MR) is 58.0 cm³/mol. The van der Waals surface area contributed by atoms with Crippen LogP contribution in [0.5, 0.6) is 0 Å². The second kappa shape index (κ2) is 4.34. The van der Waals surface area contributed by atoms with Crippen LogP contribution in [0.4, 0.5) is 5.82 Å². The molecule has 2 N–H and O–H groups in total. The van der Waals surface area contributed by atoms with Gasteiger partial charge in [0, 0.05) is 19.2 Å². The van der Waals surface area contributed by atoms with Crippen molar-refractivity contribution in [3.63, 3.8) is 0 Å². The van der Waals surface area contributed by atoms with E-state index >= 15 is 0 Å². The third-order valence-electron chi connectivity index (χ3n) is 2.42. The molecule has 2 heterocycles. The molecule has 82 valence electrons. The van der Waals surface area contributed by atoms with Gasteiger partial charge in [-0.05, 0) is 6.26 Å². The first-order valence-corrected chi connectivity index (χ1v) is 5.90. The molecule has 0 aliphatic carbocycles. The fourth-order valence-corrected chi connectivity index (χ4v) is 1.95. The fourth-order valence-electron chi connectivity index (χ4n) is 1.57. The van der Waals surface area contributed by atoms with E-state index in [1.807, 2.05) is 17.2 Å². The number of rotatable bonds is 2. The number of nitrogens with zero attached hydrogens (tertiary/aromatic N) is 3. The smallest absolute Gasteiger partial charge is 0.133 e. The number of aliphatic hydroxyl groups excluding tert-OH is 2. The van der Waals surface area contributed by atoms with Crippen molar-refractivity contribution in [2.45, 2.75) is 17.2 Å². The highest BCUT2D eigenvalue weighted by Crippen LogP contribution is 2.21. The van der Waals surface area contributed by atoms with Gasteiger partial charge in [0.15, 0.2) is 0 Å². The fraction of sp³-hybridized carbons (Fsp3) is 0.556. The van der Waals surface area contributed by atoms with E-state index in [9.17, 15) is 10.2 Å². The highest BCUT2D eigenvalue weighted by Gasteiger charge is 2.30. The van der Waals surface area contributed by atoms with E-state index in [-0.39, 0.29) is 0 Å². The Bertz CT molecular complexity index is 340. The molecular formula is C9H13N3O2S. The van der Waals surface area contributed by atoms with Crippen LogP contribution >= 0.6 is 11.8 Å². The minimum Gasteiger partial charge on any atom is -0.389 e. The molecule has 0 saturated carbocycles. The summed E-state index contributed by atoms with van der Waals surface area (Å²) in [6.45, 7) is 0.845. The number of aromatic nitrogens is 2. The normalized spacial score (nSPS) is 25.9. The standard InChI is InChI=1S/C9H13N3O2S/c1-15-9-2-8(10-5-11-9)12-3-6(13)7(14)4-12/h2,5-7,13-14H,3-4H2,1H3. The Kier molecular flexibility index (Phi) is 3.08. The molecule has 1 fully saturated rings. The summed E-state index contributed by atoms with van der Waals surface area (Å²) in [4.78, 5) is 10.0. The Labute approximate surface area is 92.2 Å². The molecule has 15 heavy (non-hydrogen) atoms. The van der Waals surface area contributed by atoms with Crippen LogP contribution in [0.2, 0.25) is 0 Å². The van der Waals surface area contributed by atoms with Crippen molar-refractivity contribution < 1.29 is 10.2 Å². The van der Waals surface area contributed by atoms with Crippen molar-refractivity contribution in [3.05, 3.63) is 12.4 Å². The highest BCUT2D eigenvalue weighted by atomic mass is 32.2. The maximum Gasteiger partial charge on any atom is 0.133 e. The molecule has 2 atom stereocenters. The molecule has 1 saturated heterocycles. The molecule has 0 aromatic carbocycles. The third kappa shape index (κ3) is 2.22. The summed E-state index contributed by atoms with van der Waals surface area (Å²) < 4.78 is 0. The lowest BCUT2D eigenvalue weighted by atomic mass is 10.3. The monoisotopic (exact) mass is 227 g/mol. The molecule has 1 aliphatic heterocycles. The molecule has 0 amide bonds. The van der Waals surface area contributed by atoms with Gasteiger partial charge in [0.1, 0.15) is 17.2 Å². The molecule has 1 aromatic rings. The average molecular weight is 227 g/mol. The van der Waals surface area contributed by atoms with Gasteiger partial charge < -0.3 is 15.1 Å². The number of hydrogen-bond donors (Lipinski definition) is 2. The summed E-state index contributed by atoms with van der Waals surface area (Å²) in [6, 6.07) is 1.86. The van der Waals surface area contributed by atoms with E-state index in [2.05, 4.69) is 9.97 Å². The Morgan fingerprint density at radius 3 is 2.60 bits per heavy atom. The first-order valence-electron chi connectivity index (χ1n) is 4.68. The summed E-state index contributed by atoms with van der Waals surface area (Å²) in [5.74, 6) is 0.755. The van der Waals surface area contributed by atoms with Crippen molar-refractivity contribution in [3.8, 4) is 0 Å². The Morgan fingerprint density at radius 2 is 2.00 bits per heavy atom. The van der Waals surface area contributed by atoms with Crippen LogP contribution in [0.15, 0.2) is 17.4 Å². The quantitative estimate of drug-likeness (QED) is 0.536. The van der Waals surface area contributed by atoms with Gasteiger partial charge in [0.05, 0.1) is 12.2 Å². The molecular weight excluding hydrogens is 214 g/mol. The molecule has 0 radical (unpaired) electrons. The second-order valence-corrected chi connectivity index (χ2v) is 4.28. The number of hydrogen-bond acceptors (Lipinski definition) is 6. The van der Waals surface area contributed by atoms with Crippen LogP contribution in [0, 0.1) is 0 Å². The molecule has 1 aliphatic rings. The summed E-state index contributed by atoms with van der Waals surface area (Å²) in [5.41, 5.74) is 0. The van der Waals surface area contributed by atoms with E-state index < -0.39 is 12.2 Å². The Hall–Kier alpha value is -0.850. The van der Waals surface area contributed by atoms with E-state index in [0.717, 1.165) is 10.8 Å². The van der Waals surface area contributed by atoms with Crippen molar-refractivity contribution in [1.29, 1.82) is 0 Å². The lowest BCUT2D eigenvalue weighted by Crippen LogP contribution is -2.22. The summed E-state index contributed by atoms with van der Waals surface area (Å²) in [6.07, 6.45) is 2.08. The molecule has 5 nitrogen and oxygen atoms in total. The first-order chi connectivity index (χ1) is 7.20. The zero-order valence-corrected chi connectivity index (χ0v) is 9.18. The van der Waals surface area contributed by atoms with Crippen molar-refractivity contribution in [2.75, 3.05) is 24.2 Å². The molecule has 6 heteroatoms. The largest absolute Gasteiger partial charge is 0.389 e. The Balaban J connectivity index is 2.16. The van der Waals surface area contributed by atoms with Gasteiger partial charge >= 0.3 is 0 Å². The third-order valence-corrected chi connectivity index (χ3v) is 3.06. The van der Waals surface area contributed by atoms with Gasteiger partial charge in [0.25, 0.3) is 0 Å². The van der Waals surface area contributed by atoms with Gasteiger partial charge in [-0.1, -0.05) is 0 Å². The number of β-amino-alcohol motifs (C(OH)–C–C–N with tert-alkyl or cyclic N) is 2. The maximum atomic E-state index is 9.42. The van der Waals surface area contributed by atoms with Crippen LogP contribution in [0.25, 0.3) is 0 Å². The van der Waals surface area contributed by atoms with Gasteiger partial charge in [-0.25, -0.2) is 9.97 Å². The molecule has 0 bridgehead atoms. The minimum absolute atomic E-state index is 0.423. The zero-order chi connectivity index (χ0) is 10.8. The van der Waals surface area contributed by atoms with Gasteiger partial charge in [-0.3, -0.25) is 0 Å². The first kappa shape index (κ1) is 10.7. The maximum absolute atomic E-state index is 9.42. The van der Waals surface area contributed by atoms with Crippen LogP contribution in [-0.4, -0.2) is 51.7 Å². The van der Waals surface area contributed by atoms with Crippen LogP contribution in [0.3, 0.4) is 0 Å². The Morgan fingerprint density at radius 1 is 1.33 bits per heavy atom. The van der Waals surface area contributed by atoms with E-state index in [1.165, 1.54) is 6.33 Å². The lowest BCUT2D eigenvalue weighted by Gasteiger charge is -2.16. The minimum atomic E-state index is -0.683.